The summed E-state index contributed by atoms with van der Waals surface area (Å²) in [6.45, 7) is 3.83. The van der Waals surface area contributed by atoms with Gasteiger partial charge in [0.25, 0.3) is 21.6 Å². The Morgan fingerprint density at radius 2 is 1.80 bits per heavy atom. The van der Waals surface area contributed by atoms with E-state index in [9.17, 15) is 23.3 Å². The number of aryl methyl sites for hydroxylation is 1. The number of non-ortho nitro benzene ring substituents is 1. The third kappa shape index (κ3) is 4.32. The number of carbonyl (C=O) groups excluding carboxylic acids is 1. The topological polar surface area (TPSA) is 118 Å². The maximum Gasteiger partial charge on any atom is 0.270 e. The minimum absolute atomic E-state index is 0.172. The van der Waals surface area contributed by atoms with Gasteiger partial charge in [0, 0.05) is 29.9 Å². The average molecular weight is 363 g/mol. The van der Waals surface area contributed by atoms with Gasteiger partial charge >= 0.3 is 0 Å². The summed E-state index contributed by atoms with van der Waals surface area (Å²) in [5, 5.41) is 13.5. The van der Waals surface area contributed by atoms with Crippen LogP contribution >= 0.6 is 0 Å². The van der Waals surface area contributed by atoms with Gasteiger partial charge in [-0.3, -0.25) is 19.6 Å². The van der Waals surface area contributed by atoms with Crippen LogP contribution in [0.5, 0.6) is 0 Å². The summed E-state index contributed by atoms with van der Waals surface area (Å²) in [6, 6.07) is 9.52. The zero-order valence-electron chi connectivity index (χ0n) is 13.6. The second-order valence-corrected chi connectivity index (χ2v) is 6.90. The standard InChI is InChI=1S/C16H17N3O5S/c1-3-17-16(20)12-5-7-13(8-6-12)18-25(23,24)15-10-14(19(21)22)9-4-11(15)2/h4-10,18H,3H2,1-2H3,(H,17,20). The first kappa shape index (κ1) is 18.4. The van der Waals surface area contributed by atoms with E-state index in [1.54, 1.807) is 13.8 Å². The Kier molecular flexibility index (Phi) is 5.38. The van der Waals surface area contributed by atoms with Crippen LogP contribution in [0, 0.1) is 17.0 Å². The molecule has 0 unspecified atom stereocenters. The minimum Gasteiger partial charge on any atom is -0.352 e. The molecular weight excluding hydrogens is 346 g/mol. The number of rotatable bonds is 6. The Bertz CT molecular complexity index is 908. The van der Waals surface area contributed by atoms with Gasteiger partial charge in [-0.05, 0) is 43.7 Å². The molecule has 0 radical (unpaired) electrons. The van der Waals surface area contributed by atoms with Gasteiger partial charge in [0.05, 0.1) is 9.82 Å². The van der Waals surface area contributed by atoms with E-state index < -0.39 is 14.9 Å². The molecule has 132 valence electrons. The van der Waals surface area contributed by atoms with E-state index in [4.69, 9.17) is 0 Å². The predicted molar refractivity (Wildman–Crippen MR) is 93.1 cm³/mol. The molecular formula is C16H17N3O5S. The van der Waals surface area contributed by atoms with Gasteiger partial charge in [-0.1, -0.05) is 6.07 Å². The molecule has 9 heteroatoms. The van der Waals surface area contributed by atoms with Gasteiger partial charge in [0.1, 0.15) is 0 Å². The Balaban J connectivity index is 2.29. The van der Waals surface area contributed by atoms with Crippen molar-refractivity contribution in [1.82, 2.24) is 5.32 Å². The van der Waals surface area contributed by atoms with E-state index in [2.05, 4.69) is 10.0 Å². The highest BCUT2D eigenvalue weighted by atomic mass is 32.2. The van der Waals surface area contributed by atoms with Crippen molar-refractivity contribution in [3.63, 3.8) is 0 Å². The van der Waals surface area contributed by atoms with Crippen LogP contribution in [-0.4, -0.2) is 25.8 Å². The summed E-state index contributed by atoms with van der Waals surface area (Å²) >= 11 is 0. The van der Waals surface area contributed by atoms with Gasteiger partial charge in [0.2, 0.25) is 0 Å². The molecule has 0 aliphatic heterocycles. The molecule has 2 aromatic rings. The van der Waals surface area contributed by atoms with Gasteiger partial charge in [-0.15, -0.1) is 0 Å². The Labute approximate surface area is 145 Å². The maximum absolute atomic E-state index is 12.5. The van der Waals surface area contributed by atoms with Crippen LogP contribution in [0.15, 0.2) is 47.4 Å². The first-order chi connectivity index (χ1) is 11.7. The largest absolute Gasteiger partial charge is 0.352 e. The lowest BCUT2D eigenvalue weighted by Crippen LogP contribution is -2.22. The molecule has 0 aliphatic carbocycles. The van der Waals surface area contributed by atoms with Crippen molar-refractivity contribution in [3.05, 3.63) is 63.7 Å². The third-order valence-corrected chi connectivity index (χ3v) is 4.93. The lowest BCUT2D eigenvalue weighted by atomic mass is 10.2. The highest BCUT2D eigenvalue weighted by Crippen LogP contribution is 2.24. The van der Waals surface area contributed by atoms with Crippen LogP contribution in [0.25, 0.3) is 0 Å². The molecule has 0 fully saturated rings. The number of benzene rings is 2. The van der Waals surface area contributed by atoms with E-state index in [0.29, 0.717) is 17.7 Å². The number of hydrogen-bond donors (Lipinski definition) is 2. The molecule has 0 saturated heterocycles. The zero-order chi connectivity index (χ0) is 18.6. The van der Waals surface area contributed by atoms with Gasteiger partial charge in [-0.2, -0.15) is 0 Å². The Morgan fingerprint density at radius 3 is 2.36 bits per heavy atom. The first-order valence-corrected chi connectivity index (χ1v) is 8.89. The average Bonchev–Trinajstić information content (AvgIpc) is 2.55. The summed E-state index contributed by atoms with van der Waals surface area (Å²) in [7, 11) is -4.00. The maximum atomic E-state index is 12.5. The number of hydrogen-bond acceptors (Lipinski definition) is 5. The zero-order valence-corrected chi connectivity index (χ0v) is 14.5. The van der Waals surface area contributed by atoms with E-state index in [1.165, 1.54) is 36.4 Å². The first-order valence-electron chi connectivity index (χ1n) is 7.40. The van der Waals surface area contributed by atoms with Crippen LogP contribution in [0.1, 0.15) is 22.8 Å². The molecule has 25 heavy (non-hydrogen) atoms. The number of anilines is 1. The highest BCUT2D eigenvalue weighted by Gasteiger charge is 2.20. The molecule has 0 spiro atoms. The van der Waals surface area contributed by atoms with Crippen molar-refractivity contribution in [2.75, 3.05) is 11.3 Å². The van der Waals surface area contributed by atoms with Crippen molar-refractivity contribution in [2.45, 2.75) is 18.7 Å². The fraction of sp³-hybridized carbons (Fsp3) is 0.188. The number of nitro groups is 1. The van der Waals surface area contributed by atoms with E-state index in [1.807, 2.05) is 0 Å². The second kappa shape index (κ2) is 7.31. The fourth-order valence-electron chi connectivity index (χ4n) is 2.15. The van der Waals surface area contributed by atoms with Crippen molar-refractivity contribution in [3.8, 4) is 0 Å². The van der Waals surface area contributed by atoms with Crippen LogP contribution in [0.2, 0.25) is 0 Å². The smallest absolute Gasteiger partial charge is 0.270 e. The van der Waals surface area contributed by atoms with Crippen LogP contribution < -0.4 is 10.0 Å². The van der Waals surface area contributed by atoms with Gasteiger partial charge < -0.3 is 5.32 Å². The molecule has 0 bridgehead atoms. The number of sulfonamides is 1. The van der Waals surface area contributed by atoms with Crippen molar-refractivity contribution < 1.29 is 18.1 Å². The summed E-state index contributed by atoms with van der Waals surface area (Å²) in [6.07, 6.45) is 0. The van der Waals surface area contributed by atoms with Crippen molar-refractivity contribution >= 4 is 27.3 Å². The predicted octanol–water partition coefficient (Wildman–Crippen LogP) is 2.45. The molecule has 2 rings (SSSR count). The summed E-state index contributed by atoms with van der Waals surface area (Å²) in [4.78, 5) is 21.7. The minimum atomic E-state index is -4.00. The van der Waals surface area contributed by atoms with Gasteiger partial charge in [-0.25, -0.2) is 8.42 Å². The summed E-state index contributed by atoms with van der Waals surface area (Å²) < 4.78 is 27.4. The molecule has 0 saturated carbocycles. The number of nitrogens with one attached hydrogen (secondary N) is 2. The number of nitrogens with zero attached hydrogens (tertiary/aromatic N) is 1. The molecule has 0 aliphatic rings. The lowest BCUT2D eigenvalue weighted by molar-refractivity contribution is -0.385. The number of amides is 1. The van der Waals surface area contributed by atoms with E-state index in [0.717, 1.165) is 6.07 Å². The monoisotopic (exact) mass is 363 g/mol. The molecule has 2 aromatic carbocycles. The third-order valence-electron chi connectivity index (χ3n) is 3.41. The number of carbonyl (C=O) groups is 1. The summed E-state index contributed by atoms with van der Waals surface area (Å²) in [5.74, 6) is -0.258. The SMILES string of the molecule is CCNC(=O)c1ccc(NS(=O)(=O)c2cc([N+](=O)[O-])ccc2C)cc1. The molecule has 8 nitrogen and oxygen atoms in total. The van der Waals surface area contributed by atoms with Crippen LogP contribution in [0.4, 0.5) is 11.4 Å². The van der Waals surface area contributed by atoms with Crippen LogP contribution in [-0.2, 0) is 10.0 Å². The number of nitro benzene ring substituents is 1. The van der Waals surface area contributed by atoms with E-state index >= 15 is 0 Å². The summed E-state index contributed by atoms with van der Waals surface area (Å²) in [5.41, 5.74) is 0.727. The second-order valence-electron chi connectivity index (χ2n) is 5.25. The molecule has 0 atom stereocenters. The normalized spacial score (nSPS) is 11.0. The van der Waals surface area contributed by atoms with Crippen molar-refractivity contribution in [2.24, 2.45) is 0 Å². The van der Waals surface area contributed by atoms with Crippen LogP contribution in [0.3, 0.4) is 0 Å². The molecule has 2 N–H and O–H groups in total. The van der Waals surface area contributed by atoms with E-state index in [-0.39, 0.29) is 22.2 Å². The van der Waals surface area contributed by atoms with Gasteiger partial charge in [0.15, 0.2) is 0 Å². The quantitative estimate of drug-likeness (QED) is 0.604. The molecule has 1 amide bonds. The molecule has 0 aromatic heterocycles. The van der Waals surface area contributed by atoms with Crippen molar-refractivity contribution in [1.29, 1.82) is 0 Å². The lowest BCUT2D eigenvalue weighted by Gasteiger charge is -2.11. The Hall–Kier alpha value is -2.94. The highest BCUT2D eigenvalue weighted by molar-refractivity contribution is 7.92. The Morgan fingerprint density at radius 1 is 1.16 bits per heavy atom. The fourth-order valence-corrected chi connectivity index (χ4v) is 3.48. The molecule has 0 heterocycles.